The Kier molecular flexibility index (Phi) is 9.56. The van der Waals surface area contributed by atoms with Gasteiger partial charge in [0.2, 0.25) is 0 Å². The molecule has 0 aliphatic heterocycles. The van der Waals surface area contributed by atoms with Crippen molar-refractivity contribution in [3.05, 3.63) is 142 Å². The summed E-state index contributed by atoms with van der Waals surface area (Å²) >= 11 is 1.87. The SMILES string of the molecule is CCCC[I-]c1ccc(-c2ccc(-c3cc(C(C)(C)C)cc4sc(-c5ccccc5N=Cc5cccc6ccccc56)nc34)cc2)cc1. The minimum absolute atomic E-state index is 0.00912. The third-order valence-electron chi connectivity index (χ3n) is 8.77. The Balaban J connectivity index is 1.25. The number of fused-ring (bicyclic) bond motifs is 2. The van der Waals surface area contributed by atoms with Crippen molar-refractivity contribution in [2.75, 3.05) is 4.43 Å². The number of alkyl halides is 1. The Morgan fingerprint density at radius 1 is 0.729 bits per heavy atom. The zero-order valence-electron chi connectivity index (χ0n) is 28.0. The third kappa shape index (κ3) is 7.01. The van der Waals surface area contributed by atoms with E-state index in [-0.39, 0.29) is 26.6 Å². The second kappa shape index (κ2) is 14.2. The number of aliphatic imine (C=N–C) groups is 1. The predicted octanol–water partition coefficient (Wildman–Crippen LogP) is 9.56. The van der Waals surface area contributed by atoms with E-state index < -0.39 is 0 Å². The van der Waals surface area contributed by atoms with Gasteiger partial charge in [0.25, 0.3) is 0 Å². The van der Waals surface area contributed by atoms with E-state index in [1.807, 2.05) is 6.21 Å². The number of halogens is 1. The summed E-state index contributed by atoms with van der Waals surface area (Å²) < 4.78 is 4.10. The maximum atomic E-state index is 5.32. The van der Waals surface area contributed by atoms with Gasteiger partial charge in [-0.1, -0.05) is 75.4 Å². The van der Waals surface area contributed by atoms with Crippen molar-refractivity contribution in [1.29, 1.82) is 0 Å². The van der Waals surface area contributed by atoms with Crippen LogP contribution in [0.1, 0.15) is 51.7 Å². The number of benzene rings is 6. The molecule has 1 aromatic heterocycles. The fraction of sp³-hybridized carbons (Fsp3) is 0.182. The first kappa shape index (κ1) is 32.4. The average Bonchev–Trinajstić information content (AvgIpc) is 3.55. The standard InChI is InChI=1S/C44H40IN2S/c1-5-6-26-45-36-24-22-31(23-25-36)30-18-20-33(21-19-30)39-27-35(44(2,3)4)28-41-42(39)47-43(48-41)38-16-9-10-17-40(38)46-29-34-14-11-13-32-12-7-8-15-37(32)34/h7-25,27-29H,5-6,26H2,1-4H3/q-1. The van der Waals surface area contributed by atoms with Crippen LogP contribution in [-0.4, -0.2) is 15.6 Å². The van der Waals surface area contributed by atoms with Gasteiger partial charge < -0.3 is 0 Å². The van der Waals surface area contributed by atoms with Gasteiger partial charge in [-0.3, -0.25) is 4.99 Å². The minimum atomic E-state index is 0.00912. The topological polar surface area (TPSA) is 25.2 Å². The fourth-order valence-corrected chi connectivity index (χ4v) is 9.65. The Morgan fingerprint density at radius 3 is 2.19 bits per heavy atom. The average molecular weight is 756 g/mol. The van der Waals surface area contributed by atoms with E-state index >= 15 is 0 Å². The van der Waals surface area contributed by atoms with Crippen LogP contribution in [0.25, 0.3) is 53.8 Å². The first-order valence-corrected chi connectivity index (χ1v) is 20.2. The summed E-state index contributed by atoms with van der Waals surface area (Å²) in [7, 11) is 0. The van der Waals surface area contributed by atoms with Crippen molar-refractivity contribution >= 4 is 44.2 Å². The van der Waals surface area contributed by atoms with Crippen LogP contribution in [0.2, 0.25) is 0 Å². The summed E-state index contributed by atoms with van der Waals surface area (Å²) in [5, 5.41) is 3.40. The van der Waals surface area contributed by atoms with Gasteiger partial charge in [-0.2, -0.15) is 0 Å². The molecule has 0 bridgehead atoms. The van der Waals surface area contributed by atoms with Crippen molar-refractivity contribution in [2.45, 2.75) is 46.0 Å². The summed E-state index contributed by atoms with van der Waals surface area (Å²) in [6.07, 6.45) is 4.61. The Labute approximate surface area is 298 Å². The van der Waals surface area contributed by atoms with Gasteiger partial charge in [0, 0.05) is 17.3 Å². The fourth-order valence-electron chi connectivity index (χ4n) is 5.95. The first-order valence-electron chi connectivity index (χ1n) is 16.7. The number of para-hydroxylation sites is 1. The van der Waals surface area contributed by atoms with Crippen LogP contribution in [0.4, 0.5) is 5.69 Å². The van der Waals surface area contributed by atoms with Gasteiger partial charge in [0.1, 0.15) is 0 Å². The van der Waals surface area contributed by atoms with Crippen LogP contribution in [0.5, 0.6) is 0 Å². The molecule has 0 amide bonds. The van der Waals surface area contributed by atoms with E-state index in [2.05, 4.69) is 155 Å². The van der Waals surface area contributed by atoms with Crippen molar-refractivity contribution in [2.24, 2.45) is 4.99 Å². The summed E-state index contributed by atoms with van der Waals surface area (Å²) in [5.41, 5.74) is 10.3. The molecule has 240 valence electrons. The molecule has 0 fully saturated rings. The summed E-state index contributed by atoms with van der Waals surface area (Å²) in [5.74, 6) is 0. The molecule has 48 heavy (non-hydrogen) atoms. The van der Waals surface area contributed by atoms with Crippen LogP contribution in [0.3, 0.4) is 0 Å². The van der Waals surface area contributed by atoms with E-state index in [0.29, 0.717) is 0 Å². The zero-order valence-corrected chi connectivity index (χ0v) is 31.0. The monoisotopic (exact) mass is 755 g/mol. The molecular weight excluding hydrogens is 715 g/mol. The third-order valence-corrected chi connectivity index (χ3v) is 12.7. The molecule has 2 nitrogen and oxygen atoms in total. The van der Waals surface area contributed by atoms with Crippen LogP contribution in [0.15, 0.2) is 132 Å². The zero-order chi connectivity index (χ0) is 33.1. The number of thiazole rings is 1. The summed E-state index contributed by atoms with van der Waals surface area (Å²) in [4.78, 5) is 10.3. The second-order valence-corrected chi connectivity index (χ2v) is 17.4. The van der Waals surface area contributed by atoms with Crippen molar-refractivity contribution < 1.29 is 21.2 Å². The Morgan fingerprint density at radius 2 is 1.42 bits per heavy atom. The van der Waals surface area contributed by atoms with Gasteiger partial charge >= 0.3 is 174 Å². The molecule has 0 atom stereocenters. The van der Waals surface area contributed by atoms with Gasteiger partial charge in [-0.25, -0.2) is 0 Å². The van der Waals surface area contributed by atoms with Gasteiger partial charge in [-0.15, -0.1) is 0 Å². The van der Waals surface area contributed by atoms with Crippen LogP contribution in [-0.2, 0) is 5.41 Å². The molecule has 1 heterocycles. The molecule has 0 saturated carbocycles. The maximum absolute atomic E-state index is 5.32. The molecule has 0 aliphatic rings. The molecule has 6 aromatic carbocycles. The number of aromatic nitrogens is 1. The molecule has 0 N–H and O–H groups in total. The van der Waals surface area contributed by atoms with Crippen LogP contribution in [0, 0.1) is 3.57 Å². The van der Waals surface area contributed by atoms with Crippen LogP contribution < -0.4 is 21.2 Å². The van der Waals surface area contributed by atoms with E-state index in [9.17, 15) is 0 Å². The Bertz CT molecular complexity index is 2220. The molecule has 7 aromatic rings. The van der Waals surface area contributed by atoms with E-state index in [0.717, 1.165) is 27.3 Å². The van der Waals surface area contributed by atoms with Gasteiger partial charge in [-0.05, 0) is 22.9 Å². The van der Waals surface area contributed by atoms with E-state index in [1.54, 1.807) is 11.3 Å². The van der Waals surface area contributed by atoms with Crippen molar-refractivity contribution in [1.82, 2.24) is 4.98 Å². The predicted molar refractivity (Wildman–Crippen MR) is 204 cm³/mol. The molecule has 0 spiro atoms. The second-order valence-electron chi connectivity index (χ2n) is 13.2. The summed E-state index contributed by atoms with van der Waals surface area (Å²) in [6.45, 7) is 9.13. The van der Waals surface area contributed by atoms with Crippen LogP contribution >= 0.6 is 11.3 Å². The van der Waals surface area contributed by atoms with E-state index in [4.69, 9.17) is 9.98 Å². The molecular formula is C44H40IN2S-. The molecule has 0 aliphatic carbocycles. The van der Waals surface area contributed by atoms with E-state index in [1.165, 1.54) is 64.1 Å². The van der Waals surface area contributed by atoms with Gasteiger partial charge in [0.05, 0.1) is 5.69 Å². The number of nitrogens with zero attached hydrogens (tertiary/aromatic N) is 2. The molecule has 4 heteroatoms. The Hall–Kier alpha value is -4.13. The summed E-state index contributed by atoms with van der Waals surface area (Å²) in [6, 6.07) is 46.2. The number of rotatable bonds is 9. The van der Waals surface area contributed by atoms with Crippen molar-refractivity contribution in [3.63, 3.8) is 0 Å². The molecule has 7 rings (SSSR count). The molecule has 0 saturated heterocycles. The quantitative estimate of drug-likeness (QED) is 0.0624. The van der Waals surface area contributed by atoms with Gasteiger partial charge in [0.15, 0.2) is 0 Å². The molecule has 0 radical (unpaired) electrons. The van der Waals surface area contributed by atoms with Crippen molar-refractivity contribution in [3.8, 4) is 32.8 Å². The number of hydrogen-bond acceptors (Lipinski definition) is 3. The molecule has 0 unspecified atom stereocenters. The normalized spacial score (nSPS) is 12.1. The number of unbranched alkanes of at least 4 members (excludes halogenated alkanes) is 1. The number of hydrogen-bond donors (Lipinski definition) is 0. The first-order chi connectivity index (χ1) is 23.4.